The second-order valence-electron chi connectivity index (χ2n) is 4.45. The zero-order chi connectivity index (χ0) is 13.8. The average Bonchev–Trinajstić information content (AvgIpc) is 2.29. The number of hydrogen-bond donors (Lipinski definition) is 2. The number of carbonyl (C=O) groups excluding carboxylic acids is 2. The molecule has 0 aliphatic heterocycles. The molecule has 5 nitrogen and oxygen atoms in total. The summed E-state index contributed by atoms with van der Waals surface area (Å²) in [5.41, 5.74) is 0.216. The van der Waals surface area contributed by atoms with E-state index < -0.39 is 11.6 Å². The van der Waals surface area contributed by atoms with Gasteiger partial charge in [0.15, 0.2) is 5.78 Å². The summed E-state index contributed by atoms with van der Waals surface area (Å²) in [6, 6.07) is 8.04. The number of ketones is 1. The Morgan fingerprint density at radius 2 is 1.78 bits per heavy atom. The number of Topliss-reactive ketones (excluding diaryl/α,β-unsaturated/α-hetero) is 1. The lowest BCUT2D eigenvalue weighted by atomic mass is 10.1. The molecule has 0 aliphatic rings. The molecular weight excluding hydrogens is 230 g/mol. The molecular formula is C13H15N3O2. The fourth-order valence-corrected chi connectivity index (χ4v) is 1.26. The van der Waals surface area contributed by atoms with Crippen LogP contribution in [0.1, 0.15) is 31.1 Å². The van der Waals surface area contributed by atoms with Crippen molar-refractivity contribution in [2.24, 2.45) is 0 Å². The Kier molecular flexibility index (Phi) is 4.05. The number of hydrogen-bond acceptors (Lipinski definition) is 3. The van der Waals surface area contributed by atoms with Gasteiger partial charge in [0, 0.05) is 11.3 Å². The van der Waals surface area contributed by atoms with Gasteiger partial charge in [-0.2, -0.15) is 5.26 Å². The van der Waals surface area contributed by atoms with Crippen molar-refractivity contribution < 1.29 is 9.59 Å². The Labute approximate surface area is 106 Å². The number of nitrogens with zero attached hydrogens (tertiary/aromatic N) is 1. The van der Waals surface area contributed by atoms with Gasteiger partial charge in [-0.05, 0) is 45.0 Å². The quantitative estimate of drug-likeness (QED) is 0.802. The summed E-state index contributed by atoms with van der Waals surface area (Å²) in [4.78, 5) is 22.6. The Morgan fingerprint density at radius 3 is 2.22 bits per heavy atom. The first-order valence-electron chi connectivity index (χ1n) is 5.45. The third-order valence-electron chi connectivity index (χ3n) is 2.25. The maximum atomic E-state index is 11.6. The Bertz CT molecular complexity index is 498. The highest BCUT2D eigenvalue weighted by atomic mass is 16.2. The Balaban J connectivity index is 2.66. The SMILES string of the molecule is CC(=O)c1ccc(NC(=O)NC(C)(C)C#N)cc1. The second-order valence-corrected chi connectivity index (χ2v) is 4.45. The van der Waals surface area contributed by atoms with Crippen LogP contribution in [0, 0.1) is 11.3 Å². The minimum Gasteiger partial charge on any atom is -0.320 e. The van der Waals surface area contributed by atoms with E-state index in [9.17, 15) is 9.59 Å². The molecule has 18 heavy (non-hydrogen) atoms. The van der Waals surface area contributed by atoms with E-state index in [2.05, 4.69) is 10.6 Å². The van der Waals surface area contributed by atoms with Gasteiger partial charge in [-0.15, -0.1) is 0 Å². The predicted molar refractivity (Wildman–Crippen MR) is 68.3 cm³/mol. The maximum Gasteiger partial charge on any atom is 0.320 e. The molecule has 0 unspecified atom stereocenters. The molecule has 1 aromatic carbocycles. The molecule has 2 amide bonds. The molecule has 0 radical (unpaired) electrons. The van der Waals surface area contributed by atoms with Gasteiger partial charge >= 0.3 is 6.03 Å². The third-order valence-corrected chi connectivity index (χ3v) is 2.25. The lowest BCUT2D eigenvalue weighted by Crippen LogP contribution is -2.44. The topological polar surface area (TPSA) is 82.0 Å². The summed E-state index contributed by atoms with van der Waals surface area (Å²) < 4.78 is 0. The van der Waals surface area contributed by atoms with Crippen LogP contribution in [0.2, 0.25) is 0 Å². The standard InChI is InChI=1S/C13H15N3O2/c1-9(17)10-4-6-11(7-5-10)15-12(18)16-13(2,3)8-14/h4-7H,1-3H3,(H2,15,16,18). The predicted octanol–water partition coefficient (Wildman–Crippen LogP) is 2.31. The van der Waals surface area contributed by atoms with Gasteiger partial charge in [0.05, 0.1) is 6.07 Å². The van der Waals surface area contributed by atoms with Crippen LogP contribution < -0.4 is 10.6 Å². The molecule has 94 valence electrons. The zero-order valence-electron chi connectivity index (χ0n) is 10.6. The molecule has 5 heteroatoms. The van der Waals surface area contributed by atoms with E-state index in [1.807, 2.05) is 6.07 Å². The van der Waals surface area contributed by atoms with Crippen molar-refractivity contribution in [3.63, 3.8) is 0 Å². The van der Waals surface area contributed by atoms with Crippen molar-refractivity contribution in [2.75, 3.05) is 5.32 Å². The number of nitriles is 1. The molecule has 0 fully saturated rings. The maximum absolute atomic E-state index is 11.6. The van der Waals surface area contributed by atoms with Crippen LogP contribution in [0.15, 0.2) is 24.3 Å². The molecule has 0 aromatic heterocycles. The number of anilines is 1. The monoisotopic (exact) mass is 245 g/mol. The number of benzene rings is 1. The minimum atomic E-state index is -0.927. The number of carbonyl (C=O) groups is 2. The van der Waals surface area contributed by atoms with E-state index in [4.69, 9.17) is 5.26 Å². The number of urea groups is 1. The van der Waals surface area contributed by atoms with Crippen molar-refractivity contribution in [3.8, 4) is 6.07 Å². The van der Waals surface area contributed by atoms with Crippen LogP contribution in [0.4, 0.5) is 10.5 Å². The Morgan fingerprint density at radius 1 is 1.22 bits per heavy atom. The number of rotatable bonds is 3. The molecule has 0 saturated carbocycles. The molecule has 0 atom stereocenters. The largest absolute Gasteiger partial charge is 0.320 e. The molecule has 1 aromatic rings. The van der Waals surface area contributed by atoms with E-state index in [0.717, 1.165) is 0 Å². The molecule has 0 heterocycles. The highest BCUT2D eigenvalue weighted by Crippen LogP contribution is 2.10. The third kappa shape index (κ3) is 3.91. The van der Waals surface area contributed by atoms with Crippen molar-refractivity contribution in [3.05, 3.63) is 29.8 Å². The highest BCUT2D eigenvalue weighted by molar-refractivity contribution is 5.95. The van der Waals surface area contributed by atoms with Crippen LogP contribution in [-0.2, 0) is 0 Å². The molecule has 0 spiro atoms. The van der Waals surface area contributed by atoms with Crippen molar-refractivity contribution in [1.82, 2.24) is 5.32 Å². The molecule has 1 rings (SSSR count). The fraction of sp³-hybridized carbons (Fsp3) is 0.308. The summed E-state index contributed by atoms with van der Waals surface area (Å²) in [6.07, 6.45) is 0. The Hall–Kier alpha value is -2.35. The van der Waals surface area contributed by atoms with Gasteiger partial charge in [-0.1, -0.05) is 0 Å². The van der Waals surface area contributed by atoms with E-state index in [1.54, 1.807) is 38.1 Å². The van der Waals surface area contributed by atoms with Crippen LogP contribution in [0.3, 0.4) is 0 Å². The van der Waals surface area contributed by atoms with Crippen LogP contribution in [0.25, 0.3) is 0 Å². The van der Waals surface area contributed by atoms with Gasteiger partial charge < -0.3 is 10.6 Å². The van der Waals surface area contributed by atoms with Gasteiger partial charge in [0.25, 0.3) is 0 Å². The average molecular weight is 245 g/mol. The van der Waals surface area contributed by atoms with Crippen molar-refractivity contribution in [2.45, 2.75) is 26.3 Å². The van der Waals surface area contributed by atoms with Crippen LogP contribution in [0.5, 0.6) is 0 Å². The molecule has 2 N–H and O–H groups in total. The van der Waals surface area contributed by atoms with E-state index >= 15 is 0 Å². The first kappa shape index (κ1) is 13.7. The normalized spacial score (nSPS) is 10.3. The highest BCUT2D eigenvalue weighted by Gasteiger charge is 2.19. The van der Waals surface area contributed by atoms with Gasteiger partial charge in [-0.25, -0.2) is 4.79 Å². The van der Waals surface area contributed by atoms with Crippen molar-refractivity contribution >= 4 is 17.5 Å². The fourth-order valence-electron chi connectivity index (χ4n) is 1.26. The smallest absolute Gasteiger partial charge is 0.320 e. The number of nitrogens with one attached hydrogen (secondary N) is 2. The summed E-state index contributed by atoms with van der Waals surface area (Å²) in [5.74, 6) is -0.0309. The second kappa shape index (κ2) is 5.32. The lowest BCUT2D eigenvalue weighted by molar-refractivity contribution is 0.101. The van der Waals surface area contributed by atoms with Gasteiger partial charge in [0.1, 0.15) is 5.54 Å². The van der Waals surface area contributed by atoms with Gasteiger partial charge in [-0.3, -0.25) is 4.79 Å². The van der Waals surface area contributed by atoms with Crippen molar-refractivity contribution in [1.29, 1.82) is 5.26 Å². The lowest BCUT2D eigenvalue weighted by Gasteiger charge is -2.17. The molecule has 0 aliphatic carbocycles. The van der Waals surface area contributed by atoms with Gasteiger partial charge in [0.2, 0.25) is 0 Å². The number of amides is 2. The summed E-state index contributed by atoms with van der Waals surface area (Å²) in [7, 11) is 0. The van der Waals surface area contributed by atoms with E-state index in [-0.39, 0.29) is 5.78 Å². The van der Waals surface area contributed by atoms with Crippen LogP contribution in [-0.4, -0.2) is 17.4 Å². The first-order chi connectivity index (χ1) is 8.34. The molecule has 0 saturated heterocycles. The zero-order valence-corrected chi connectivity index (χ0v) is 10.6. The first-order valence-corrected chi connectivity index (χ1v) is 5.45. The minimum absolute atomic E-state index is 0.0309. The summed E-state index contributed by atoms with van der Waals surface area (Å²) >= 11 is 0. The van der Waals surface area contributed by atoms with E-state index in [0.29, 0.717) is 11.3 Å². The van der Waals surface area contributed by atoms with E-state index in [1.165, 1.54) is 6.92 Å². The summed E-state index contributed by atoms with van der Waals surface area (Å²) in [5, 5.41) is 13.9. The molecule has 0 bridgehead atoms. The summed E-state index contributed by atoms with van der Waals surface area (Å²) in [6.45, 7) is 4.68. The van der Waals surface area contributed by atoms with Crippen LogP contribution >= 0.6 is 0 Å².